The lowest BCUT2D eigenvalue weighted by Crippen LogP contribution is -2.29. The highest BCUT2D eigenvalue weighted by atomic mass is 16.5. The van der Waals surface area contributed by atoms with Crippen molar-refractivity contribution in [3.8, 4) is 0 Å². The van der Waals surface area contributed by atoms with E-state index in [9.17, 15) is 0 Å². The maximum Gasteiger partial charge on any atom is 0.0952 e. The third-order valence-electron chi connectivity index (χ3n) is 5.29. The number of hydrogen-bond donors (Lipinski definition) is 1. The summed E-state index contributed by atoms with van der Waals surface area (Å²) in [4.78, 5) is 0. The summed E-state index contributed by atoms with van der Waals surface area (Å²) >= 11 is 0. The molecule has 1 unspecified atom stereocenters. The van der Waals surface area contributed by atoms with Crippen molar-refractivity contribution in [2.45, 2.75) is 51.6 Å². The molecule has 116 valence electrons. The average Bonchev–Trinajstić information content (AvgIpc) is 2.53. The smallest absolute Gasteiger partial charge is 0.0952 e. The van der Waals surface area contributed by atoms with Gasteiger partial charge in [-0.2, -0.15) is 0 Å². The van der Waals surface area contributed by atoms with Crippen LogP contribution in [0.2, 0.25) is 0 Å². The lowest BCUT2D eigenvalue weighted by molar-refractivity contribution is 0.0423. The van der Waals surface area contributed by atoms with Gasteiger partial charge < -0.3 is 10.1 Å². The Balaban J connectivity index is 1.40. The minimum atomic E-state index is 0.251. The summed E-state index contributed by atoms with van der Waals surface area (Å²) in [5, 5.41) is 3.63. The van der Waals surface area contributed by atoms with Crippen molar-refractivity contribution in [1.29, 1.82) is 0 Å². The fourth-order valence-electron chi connectivity index (χ4n) is 3.80. The first kappa shape index (κ1) is 15.1. The zero-order valence-corrected chi connectivity index (χ0v) is 13.3. The van der Waals surface area contributed by atoms with E-state index < -0.39 is 0 Å². The van der Waals surface area contributed by atoms with Crippen molar-refractivity contribution in [1.82, 2.24) is 5.32 Å². The highest BCUT2D eigenvalue weighted by molar-refractivity contribution is 5.31. The minimum Gasteiger partial charge on any atom is -0.372 e. The van der Waals surface area contributed by atoms with Crippen molar-refractivity contribution in [3.05, 3.63) is 35.4 Å². The zero-order chi connectivity index (χ0) is 14.5. The summed E-state index contributed by atoms with van der Waals surface area (Å²) in [7, 11) is 0. The van der Waals surface area contributed by atoms with Crippen molar-refractivity contribution >= 4 is 0 Å². The van der Waals surface area contributed by atoms with Gasteiger partial charge in [-0.15, -0.1) is 0 Å². The topological polar surface area (TPSA) is 21.3 Å². The largest absolute Gasteiger partial charge is 0.372 e. The molecule has 0 bridgehead atoms. The number of fused-ring (bicyclic) bond motifs is 1. The average molecular weight is 287 g/mol. The van der Waals surface area contributed by atoms with E-state index in [1.165, 1.54) is 43.2 Å². The highest BCUT2D eigenvalue weighted by Gasteiger charge is 2.21. The maximum atomic E-state index is 5.95. The molecule has 0 amide bonds. The molecule has 0 saturated heterocycles. The van der Waals surface area contributed by atoms with Crippen LogP contribution in [0.1, 0.15) is 56.3 Å². The Morgan fingerprint density at radius 3 is 2.81 bits per heavy atom. The van der Waals surface area contributed by atoms with Gasteiger partial charge in [0, 0.05) is 6.54 Å². The van der Waals surface area contributed by atoms with E-state index in [4.69, 9.17) is 4.74 Å². The molecular weight excluding hydrogens is 258 g/mol. The van der Waals surface area contributed by atoms with Crippen LogP contribution in [0.25, 0.3) is 0 Å². The van der Waals surface area contributed by atoms with Gasteiger partial charge in [-0.1, -0.05) is 56.9 Å². The summed E-state index contributed by atoms with van der Waals surface area (Å²) in [5.41, 5.74) is 2.86. The fraction of sp³-hybridized carbons (Fsp3) is 0.684. The minimum absolute atomic E-state index is 0.251. The number of ether oxygens (including phenoxy) is 1. The van der Waals surface area contributed by atoms with Gasteiger partial charge in [0.2, 0.25) is 0 Å². The van der Waals surface area contributed by atoms with E-state index in [2.05, 4.69) is 36.5 Å². The van der Waals surface area contributed by atoms with Gasteiger partial charge in [-0.25, -0.2) is 0 Å². The normalized spacial score (nSPS) is 29.1. The lowest BCUT2D eigenvalue weighted by Gasteiger charge is -2.28. The Morgan fingerprint density at radius 2 is 1.95 bits per heavy atom. The number of nitrogens with one attached hydrogen (secondary N) is 1. The highest BCUT2D eigenvalue weighted by Crippen LogP contribution is 2.30. The van der Waals surface area contributed by atoms with Gasteiger partial charge >= 0.3 is 0 Å². The van der Waals surface area contributed by atoms with Crippen LogP contribution in [0.3, 0.4) is 0 Å². The summed E-state index contributed by atoms with van der Waals surface area (Å²) in [5.74, 6) is 1.91. The number of hydrogen-bond acceptors (Lipinski definition) is 2. The van der Waals surface area contributed by atoms with Crippen molar-refractivity contribution in [2.75, 3.05) is 19.7 Å². The molecule has 1 saturated carbocycles. The van der Waals surface area contributed by atoms with Crippen LogP contribution in [0.4, 0.5) is 0 Å². The van der Waals surface area contributed by atoms with E-state index >= 15 is 0 Å². The number of benzene rings is 1. The second-order valence-electron chi connectivity index (χ2n) is 6.93. The maximum absolute atomic E-state index is 5.95. The van der Waals surface area contributed by atoms with E-state index in [0.717, 1.165) is 38.0 Å². The van der Waals surface area contributed by atoms with Crippen LogP contribution in [-0.4, -0.2) is 19.7 Å². The molecule has 3 rings (SSSR count). The van der Waals surface area contributed by atoms with Gasteiger partial charge in [-0.05, 0) is 42.3 Å². The number of rotatable bonds is 5. The molecule has 2 heteroatoms. The Hall–Kier alpha value is -0.860. The third-order valence-corrected chi connectivity index (χ3v) is 5.29. The molecule has 2 aliphatic rings. The molecular formula is C19H29NO. The molecule has 1 heterocycles. The van der Waals surface area contributed by atoms with Crippen molar-refractivity contribution in [2.24, 2.45) is 11.8 Å². The van der Waals surface area contributed by atoms with Gasteiger partial charge in [0.25, 0.3) is 0 Å². The SMILES string of the molecule is CC1CCC(CCNCC2OCCc3ccccc32)CC1. The second-order valence-corrected chi connectivity index (χ2v) is 6.93. The Kier molecular flexibility index (Phi) is 5.32. The Morgan fingerprint density at radius 1 is 1.14 bits per heavy atom. The van der Waals surface area contributed by atoms with Crippen LogP contribution >= 0.6 is 0 Å². The molecule has 1 fully saturated rings. The van der Waals surface area contributed by atoms with Crippen LogP contribution in [0.15, 0.2) is 24.3 Å². The van der Waals surface area contributed by atoms with E-state index in [0.29, 0.717) is 0 Å². The quantitative estimate of drug-likeness (QED) is 0.823. The van der Waals surface area contributed by atoms with Crippen LogP contribution in [0, 0.1) is 11.8 Å². The summed E-state index contributed by atoms with van der Waals surface area (Å²) in [6.45, 7) is 5.36. The molecule has 0 radical (unpaired) electrons. The molecule has 0 spiro atoms. The predicted molar refractivity (Wildman–Crippen MR) is 87.4 cm³/mol. The Bertz CT molecular complexity index is 437. The molecule has 0 aromatic heterocycles. The molecule has 2 nitrogen and oxygen atoms in total. The molecule has 1 atom stereocenters. The van der Waals surface area contributed by atoms with Gasteiger partial charge in [-0.3, -0.25) is 0 Å². The molecule has 1 aliphatic heterocycles. The summed E-state index contributed by atoms with van der Waals surface area (Å²) in [6, 6.07) is 8.74. The standard InChI is InChI=1S/C19H29NO/c1-15-6-8-16(9-7-15)10-12-20-14-19-18-5-3-2-4-17(18)11-13-21-19/h2-5,15-16,19-20H,6-14H2,1H3. The third kappa shape index (κ3) is 4.08. The zero-order valence-electron chi connectivity index (χ0n) is 13.3. The monoisotopic (exact) mass is 287 g/mol. The predicted octanol–water partition coefficient (Wildman–Crippen LogP) is 4.11. The van der Waals surface area contributed by atoms with E-state index in [1.54, 1.807) is 0 Å². The first-order valence-electron chi connectivity index (χ1n) is 8.73. The van der Waals surface area contributed by atoms with Gasteiger partial charge in [0.05, 0.1) is 12.7 Å². The van der Waals surface area contributed by atoms with Crippen molar-refractivity contribution in [3.63, 3.8) is 0 Å². The van der Waals surface area contributed by atoms with E-state index in [1.807, 2.05) is 0 Å². The summed E-state index contributed by atoms with van der Waals surface area (Å²) < 4.78 is 5.95. The van der Waals surface area contributed by atoms with Crippen LogP contribution < -0.4 is 5.32 Å². The lowest BCUT2D eigenvalue weighted by atomic mass is 9.81. The van der Waals surface area contributed by atoms with Crippen molar-refractivity contribution < 1.29 is 4.74 Å². The van der Waals surface area contributed by atoms with Crippen LogP contribution in [-0.2, 0) is 11.2 Å². The van der Waals surface area contributed by atoms with Gasteiger partial charge in [0.15, 0.2) is 0 Å². The fourth-order valence-corrected chi connectivity index (χ4v) is 3.80. The molecule has 21 heavy (non-hydrogen) atoms. The Labute approximate surface area is 129 Å². The van der Waals surface area contributed by atoms with E-state index in [-0.39, 0.29) is 6.10 Å². The second kappa shape index (κ2) is 7.42. The van der Waals surface area contributed by atoms with Gasteiger partial charge in [0.1, 0.15) is 0 Å². The molecule has 1 aliphatic carbocycles. The first-order valence-corrected chi connectivity index (χ1v) is 8.73. The molecule has 1 aromatic carbocycles. The summed E-state index contributed by atoms with van der Waals surface area (Å²) in [6.07, 6.45) is 8.39. The first-order chi connectivity index (χ1) is 10.3. The molecule has 1 aromatic rings. The van der Waals surface area contributed by atoms with Crippen LogP contribution in [0.5, 0.6) is 0 Å². The molecule has 1 N–H and O–H groups in total.